The summed E-state index contributed by atoms with van der Waals surface area (Å²) in [5.41, 5.74) is 8.43. The largest absolute Gasteiger partial charge is 0.479 e. The van der Waals surface area contributed by atoms with Crippen molar-refractivity contribution in [3.8, 4) is 22.3 Å². The van der Waals surface area contributed by atoms with Gasteiger partial charge in [0.15, 0.2) is 6.10 Å². The quantitative estimate of drug-likeness (QED) is 0.362. The number of pyridine rings is 1. The number of aromatic nitrogens is 1. The number of carboxylic acid groups (broad SMARTS) is 1. The Balaban J connectivity index is 1.91. The van der Waals surface area contributed by atoms with Crippen LogP contribution < -0.4 is 4.90 Å². The summed E-state index contributed by atoms with van der Waals surface area (Å²) in [6, 6.07) is 17.1. The minimum absolute atomic E-state index is 0.261. The number of benzene rings is 2. The lowest BCUT2D eigenvalue weighted by Gasteiger charge is -2.41. The zero-order valence-corrected chi connectivity index (χ0v) is 24.2. The van der Waals surface area contributed by atoms with E-state index in [9.17, 15) is 9.90 Å². The Morgan fingerprint density at radius 3 is 2.11 bits per heavy atom. The highest BCUT2D eigenvalue weighted by atomic mass is 16.5. The van der Waals surface area contributed by atoms with Crippen molar-refractivity contribution in [1.29, 1.82) is 0 Å². The van der Waals surface area contributed by atoms with Crippen LogP contribution in [0.5, 0.6) is 0 Å². The third-order valence-corrected chi connectivity index (χ3v) is 7.50. The van der Waals surface area contributed by atoms with Gasteiger partial charge in [-0.05, 0) is 76.5 Å². The highest BCUT2D eigenvalue weighted by molar-refractivity contribution is 5.88. The van der Waals surface area contributed by atoms with Gasteiger partial charge in [0, 0.05) is 35.6 Å². The molecular weight excluding hydrogens is 472 g/mol. The number of rotatable bonds is 6. The normalized spacial score (nSPS) is 16.4. The molecule has 1 aliphatic rings. The van der Waals surface area contributed by atoms with Crippen molar-refractivity contribution in [3.05, 3.63) is 71.0 Å². The summed E-state index contributed by atoms with van der Waals surface area (Å²) in [5, 5.41) is 10.4. The fraction of sp³-hybridized carbons (Fsp3) is 0.455. The molecule has 1 aromatic heterocycles. The predicted octanol–water partition coefficient (Wildman–Crippen LogP) is 7.91. The molecule has 1 aliphatic heterocycles. The van der Waals surface area contributed by atoms with Crippen LogP contribution >= 0.6 is 0 Å². The molecule has 2 aromatic carbocycles. The number of hydrogen-bond acceptors (Lipinski definition) is 4. The van der Waals surface area contributed by atoms with Crippen molar-refractivity contribution < 1.29 is 14.6 Å². The van der Waals surface area contributed by atoms with E-state index in [4.69, 9.17) is 9.72 Å². The molecule has 5 heteroatoms. The number of aliphatic carboxylic acids is 1. The van der Waals surface area contributed by atoms with E-state index >= 15 is 0 Å². The molecule has 3 aromatic rings. The molecule has 0 aliphatic carbocycles. The van der Waals surface area contributed by atoms with Gasteiger partial charge in [0.25, 0.3) is 0 Å². The van der Waals surface area contributed by atoms with E-state index in [1.165, 1.54) is 11.1 Å². The van der Waals surface area contributed by atoms with Gasteiger partial charge in [-0.1, -0.05) is 67.9 Å². The molecule has 1 atom stereocenters. The topological polar surface area (TPSA) is 62.7 Å². The fourth-order valence-electron chi connectivity index (χ4n) is 5.41. The predicted molar refractivity (Wildman–Crippen MR) is 156 cm³/mol. The van der Waals surface area contributed by atoms with E-state index in [-0.39, 0.29) is 5.41 Å². The minimum atomic E-state index is -1.11. The second-order valence-corrected chi connectivity index (χ2v) is 12.5. The van der Waals surface area contributed by atoms with Crippen molar-refractivity contribution >= 4 is 11.7 Å². The molecule has 202 valence electrons. The first-order valence-electron chi connectivity index (χ1n) is 13.6. The summed E-state index contributed by atoms with van der Waals surface area (Å²) < 4.78 is 6.19. The average Bonchev–Trinajstić information content (AvgIpc) is 2.82. The van der Waals surface area contributed by atoms with Crippen molar-refractivity contribution in [2.75, 3.05) is 18.0 Å². The lowest BCUT2D eigenvalue weighted by Crippen LogP contribution is -2.39. The molecule has 0 amide bonds. The fourth-order valence-corrected chi connectivity index (χ4v) is 5.41. The molecule has 0 spiro atoms. The molecule has 2 heterocycles. The van der Waals surface area contributed by atoms with Crippen molar-refractivity contribution in [2.24, 2.45) is 5.41 Å². The van der Waals surface area contributed by atoms with Gasteiger partial charge < -0.3 is 14.7 Å². The number of piperidine rings is 1. The van der Waals surface area contributed by atoms with Crippen LogP contribution in [0.2, 0.25) is 0 Å². The van der Waals surface area contributed by atoms with Gasteiger partial charge in [0.1, 0.15) is 0 Å². The summed E-state index contributed by atoms with van der Waals surface area (Å²) >= 11 is 0. The number of anilines is 1. The SMILES string of the molecule is Cc1cccc(-c2ccc(-c3c(C)nc(C)c(C(OC(C)(C)C)C(=O)O)c3N3CCC(C)(C)CC3)cc2)c1. The second-order valence-electron chi connectivity index (χ2n) is 12.5. The molecule has 38 heavy (non-hydrogen) atoms. The lowest BCUT2D eigenvalue weighted by molar-refractivity contribution is -0.160. The van der Waals surface area contributed by atoms with Gasteiger partial charge in [0.05, 0.1) is 11.3 Å². The Labute approximate surface area is 227 Å². The van der Waals surface area contributed by atoms with Crippen LogP contribution in [-0.2, 0) is 9.53 Å². The summed E-state index contributed by atoms with van der Waals surface area (Å²) in [7, 11) is 0. The molecule has 5 nitrogen and oxygen atoms in total. The van der Waals surface area contributed by atoms with Gasteiger partial charge in [-0.15, -0.1) is 0 Å². The van der Waals surface area contributed by atoms with E-state index in [2.05, 4.69) is 74.2 Å². The Kier molecular flexibility index (Phi) is 7.72. The first kappa shape index (κ1) is 27.8. The van der Waals surface area contributed by atoms with Gasteiger partial charge in [-0.3, -0.25) is 4.98 Å². The maximum Gasteiger partial charge on any atom is 0.337 e. The van der Waals surface area contributed by atoms with Crippen molar-refractivity contribution in [3.63, 3.8) is 0 Å². The number of carbonyl (C=O) groups is 1. The average molecular weight is 515 g/mol. The third kappa shape index (κ3) is 6.10. The Hall–Kier alpha value is -3.18. The van der Waals surface area contributed by atoms with Crippen LogP contribution in [0.3, 0.4) is 0 Å². The molecular formula is C33H42N2O3. The van der Waals surface area contributed by atoms with Crippen LogP contribution in [0.25, 0.3) is 22.3 Å². The highest BCUT2D eigenvalue weighted by Gasteiger charge is 2.36. The van der Waals surface area contributed by atoms with E-state index in [0.29, 0.717) is 11.3 Å². The number of carboxylic acids is 1. The molecule has 1 fully saturated rings. The number of aryl methyl sites for hydroxylation is 3. The minimum Gasteiger partial charge on any atom is -0.479 e. The van der Waals surface area contributed by atoms with E-state index in [0.717, 1.165) is 54.0 Å². The summed E-state index contributed by atoms with van der Waals surface area (Å²) in [6.07, 6.45) is 0.964. The van der Waals surface area contributed by atoms with Crippen LogP contribution in [0.1, 0.15) is 76.1 Å². The summed E-state index contributed by atoms with van der Waals surface area (Å²) in [5.74, 6) is -0.993. The number of ether oxygens (including phenoxy) is 1. The zero-order chi connectivity index (χ0) is 27.8. The molecule has 0 bridgehead atoms. The summed E-state index contributed by atoms with van der Waals surface area (Å²) in [4.78, 5) is 19.9. The first-order chi connectivity index (χ1) is 17.8. The summed E-state index contributed by atoms with van der Waals surface area (Å²) in [6.45, 7) is 18.1. The highest BCUT2D eigenvalue weighted by Crippen LogP contribution is 2.45. The van der Waals surface area contributed by atoms with E-state index in [1.807, 2.05) is 34.6 Å². The maximum atomic E-state index is 12.7. The molecule has 4 rings (SSSR count). The number of hydrogen-bond donors (Lipinski definition) is 1. The van der Waals surface area contributed by atoms with E-state index < -0.39 is 17.7 Å². The maximum absolute atomic E-state index is 12.7. The molecule has 1 unspecified atom stereocenters. The standard InChI is InChI=1S/C33H42N2O3/c1-21-10-9-11-26(20-21)24-12-14-25(15-13-24)27-22(2)34-23(3)28(30(31(36)37)38-32(4,5)6)29(27)35-18-16-33(7,8)17-19-35/h9-15,20,30H,16-19H2,1-8H3,(H,36,37). The van der Waals surface area contributed by atoms with Crippen LogP contribution in [-0.4, -0.2) is 34.8 Å². The Morgan fingerprint density at radius 1 is 0.947 bits per heavy atom. The molecule has 0 radical (unpaired) electrons. The third-order valence-electron chi connectivity index (χ3n) is 7.50. The van der Waals surface area contributed by atoms with E-state index in [1.54, 1.807) is 0 Å². The molecule has 1 saturated heterocycles. The second kappa shape index (κ2) is 10.5. The van der Waals surface area contributed by atoms with Crippen molar-refractivity contribution in [1.82, 2.24) is 4.98 Å². The Morgan fingerprint density at radius 2 is 1.55 bits per heavy atom. The van der Waals surface area contributed by atoms with Gasteiger partial charge in [-0.2, -0.15) is 0 Å². The molecule has 1 N–H and O–H groups in total. The monoisotopic (exact) mass is 514 g/mol. The van der Waals surface area contributed by atoms with Crippen molar-refractivity contribution in [2.45, 2.75) is 79.9 Å². The number of nitrogens with zero attached hydrogens (tertiary/aromatic N) is 2. The lowest BCUT2D eigenvalue weighted by atomic mass is 9.81. The molecule has 0 saturated carbocycles. The van der Waals surface area contributed by atoms with Gasteiger partial charge >= 0.3 is 5.97 Å². The first-order valence-corrected chi connectivity index (χ1v) is 13.6. The van der Waals surface area contributed by atoms with Crippen LogP contribution in [0, 0.1) is 26.2 Å². The van der Waals surface area contributed by atoms with Gasteiger partial charge in [-0.25, -0.2) is 4.79 Å². The van der Waals surface area contributed by atoms with Crippen LogP contribution in [0.15, 0.2) is 48.5 Å². The zero-order valence-electron chi connectivity index (χ0n) is 24.2. The van der Waals surface area contributed by atoms with Gasteiger partial charge in [0.2, 0.25) is 0 Å². The van der Waals surface area contributed by atoms with Crippen LogP contribution in [0.4, 0.5) is 5.69 Å². The Bertz CT molecular complexity index is 1310. The smallest absolute Gasteiger partial charge is 0.337 e.